The van der Waals surface area contributed by atoms with E-state index in [-0.39, 0.29) is 31.0 Å². The summed E-state index contributed by atoms with van der Waals surface area (Å²) in [6.45, 7) is 0.0482. The lowest BCUT2D eigenvalue weighted by Crippen LogP contribution is -2.46. The smallest absolute Gasteiger partial charge is 0.328 e. The highest BCUT2D eigenvalue weighted by atomic mass is 19.1. The van der Waals surface area contributed by atoms with Crippen LogP contribution in [0.2, 0.25) is 0 Å². The van der Waals surface area contributed by atoms with E-state index in [1.54, 1.807) is 12.3 Å². The van der Waals surface area contributed by atoms with E-state index in [4.69, 9.17) is 4.74 Å². The molecule has 2 N–H and O–H groups in total. The van der Waals surface area contributed by atoms with E-state index in [2.05, 4.69) is 10.3 Å². The average Bonchev–Trinajstić information content (AvgIpc) is 3.37. The number of aromatic amines is 1. The molecule has 8 heteroatoms. The van der Waals surface area contributed by atoms with Crippen molar-refractivity contribution < 1.29 is 23.5 Å². The monoisotopic (exact) mass is 423 g/mol. The van der Waals surface area contributed by atoms with Gasteiger partial charge < -0.3 is 19.9 Å². The van der Waals surface area contributed by atoms with Crippen LogP contribution in [-0.2, 0) is 25.5 Å². The average molecular weight is 423 g/mol. The van der Waals surface area contributed by atoms with E-state index in [1.807, 2.05) is 24.3 Å². The maximum Gasteiger partial charge on any atom is 0.328 e. The number of carbonyl (C=O) groups excluding carboxylic acids is 3. The number of hydrogen-bond acceptors (Lipinski definition) is 4. The van der Waals surface area contributed by atoms with Crippen molar-refractivity contribution in [1.82, 2.24) is 10.3 Å². The number of carbonyl (C=O) groups is 3. The number of rotatable bonds is 6. The van der Waals surface area contributed by atoms with Crippen molar-refractivity contribution in [3.63, 3.8) is 0 Å². The Morgan fingerprint density at radius 3 is 2.74 bits per heavy atom. The lowest BCUT2D eigenvalue weighted by molar-refractivity contribution is -0.145. The molecule has 2 atom stereocenters. The predicted octanol–water partition coefficient (Wildman–Crippen LogP) is 2.56. The normalized spacial score (nSPS) is 17.0. The van der Waals surface area contributed by atoms with Gasteiger partial charge in [-0.25, -0.2) is 9.18 Å². The molecular formula is C23H22FN3O4. The zero-order valence-corrected chi connectivity index (χ0v) is 16.9. The van der Waals surface area contributed by atoms with Gasteiger partial charge in [0.1, 0.15) is 11.9 Å². The lowest BCUT2D eigenvalue weighted by atomic mass is 10.0. The van der Waals surface area contributed by atoms with Gasteiger partial charge in [0.05, 0.1) is 18.7 Å². The van der Waals surface area contributed by atoms with Crippen LogP contribution in [0.25, 0.3) is 10.9 Å². The number of methoxy groups -OCH3 is 1. The second kappa shape index (κ2) is 8.59. The van der Waals surface area contributed by atoms with Crippen molar-refractivity contribution in [2.75, 3.05) is 18.6 Å². The van der Waals surface area contributed by atoms with Crippen molar-refractivity contribution in [1.29, 1.82) is 0 Å². The third-order valence-corrected chi connectivity index (χ3v) is 5.54. The van der Waals surface area contributed by atoms with Crippen LogP contribution in [0.5, 0.6) is 0 Å². The van der Waals surface area contributed by atoms with Crippen LogP contribution in [-0.4, -0.2) is 42.5 Å². The number of halogens is 1. The number of fused-ring (bicyclic) bond motifs is 1. The Balaban J connectivity index is 1.49. The number of aromatic nitrogens is 1. The topological polar surface area (TPSA) is 91.5 Å². The molecule has 0 bridgehead atoms. The summed E-state index contributed by atoms with van der Waals surface area (Å²) < 4.78 is 19.0. The standard InChI is InChI=1S/C23H22FN3O4/c1-31-23(30)19(10-14-12-25-18-8-4-2-6-16(14)18)26-22(29)15-11-21(28)27(13-15)20-9-5-3-7-17(20)24/h2-9,12,15,19,25H,10-11,13H2,1H3,(H,26,29)/t15-,19+/m0/s1. The van der Waals surface area contributed by atoms with Gasteiger partial charge in [0.15, 0.2) is 0 Å². The molecule has 1 fully saturated rings. The van der Waals surface area contributed by atoms with E-state index in [0.29, 0.717) is 0 Å². The van der Waals surface area contributed by atoms with Crippen molar-refractivity contribution in [3.8, 4) is 0 Å². The van der Waals surface area contributed by atoms with Crippen molar-refractivity contribution in [3.05, 3.63) is 66.1 Å². The van der Waals surface area contributed by atoms with Gasteiger partial charge in [-0.15, -0.1) is 0 Å². The number of hydrogen-bond donors (Lipinski definition) is 2. The lowest BCUT2D eigenvalue weighted by Gasteiger charge is -2.20. The molecule has 3 aromatic rings. The first-order valence-corrected chi connectivity index (χ1v) is 9.96. The third-order valence-electron chi connectivity index (χ3n) is 5.54. The number of amides is 2. The number of anilines is 1. The Kier molecular flexibility index (Phi) is 5.70. The zero-order valence-electron chi connectivity index (χ0n) is 16.9. The number of ether oxygens (including phenoxy) is 1. The molecule has 1 aliphatic rings. The van der Waals surface area contributed by atoms with Gasteiger partial charge in [0, 0.05) is 36.5 Å². The zero-order chi connectivity index (χ0) is 22.0. The van der Waals surface area contributed by atoms with Crippen LogP contribution in [0, 0.1) is 11.7 Å². The summed E-state index contributed by atoms with van der Waals surface area (Å²) >= 11 is 0. The predicted molar refractivity (Wildman–Crippen MR) is 113 cm³/mol. The Hall–Kier alpha value is -3.68. The molecular weight excluding hydrogens is 401 g/mol. The molecule has 7 nitrogen and oxygen atoms in total. The molecule has 2 amide bonds. The molecule has 1 aliphatic heterocycles. The summed E-state index contributed by atoms with van der Waals surface area (Å²) in [6.07, 6.45) is 1.98. The molecule has 0 unspecified atom stereocenters. The first kappa shape index (κ1) is 20.6. The molecule has 1 saturated heterocycles. The fraction of sp³-hybridized carbons (Fsp3) is 0.261. The highest BCUT2D eigenvalue weighted by Crippen LogP contribution is 2.27. The van der Waals surface area contributed by atoms with E-state index < -0.39 is 29.7 Å². The summed E-state index contributed by atoms with van der Waals surface area (Å²) in [6, 6.07) is 12.7. The molecule has 4 rings (SSSR count). The van der Waals surface area contributed by atoms with Crippen LogP contribution in [0.15, 0.2) is 54.7 Å². The first-order chi connectivity index (χ1) is 15.0. The molecule has 1 aromatic heterocycles. The van der Waals surface area contributed by atoms with Crippen molar-refractivity contribution >= 4 is 34.4 Å². The minimum Gasteiger partial charge on any atom is -0.467 e. The molecule has 31 heavy (non-hydrogen) atoms. The quantitative estimate of drug-likeness (QED) is 0.596. The Morgan fingerprint density at radius 1 is 1.23 bits per heavy atom. The summed E-state index contributed by atoms with van der Waals surface area (Å²) in [4.78, 5) is 42.0. The van der Waals surface area contributed by atoms with E-state index in [9.17, 15) is 18.8 Å². The van der Waals surface area contributed by atoms with E-state index in [0.717, 1.165) is 16.5 Å². The van der Waals surface area contributed by atoms with Gasteiger partial charge in [-0.2, -0.15) is 0 Å². The van der Waals surface area contributed by atoms with Crippen LogP contribution in [0.4, 0.5) is 10.1 Å². The Morgan fingerprint density at radius 2 is 1.97 bits per heavy atom. The van der Waals surface area contributed by atoms with Gasteiger partial charge >= 0.3 is 5.97 Å². The molecule has 0 spiro atoms. The fourth-order valence-corrected chi connectivity index (χ4v) is 3.93. The second-order valence-corrected chi connectivity index (χ2v) is 7.50. The Labute approximate surface area is 178 Å². The Bertz CT molecular complexity index is 1140. The number of H-pyrrole nitrogens is 1. The van der Waals surface area contributed by atoms with Gasteiger partial charge in [-0.3, -0.25) is 9.59 Å². The van der Waals surface area contributed by atoms with E-state index >= 15 is 0 Å². The minimum absolute atomic E-state index is 0.0482. The summed E-state index contributed by atoms with van der Waals surface area (Å²) in [5.41, 5.74) is 1.93. The minimum atomic E-state index is -0.908. The van der Waals surface area contributed by atoms with Crippen LogP contribution < -0.4 is 10.2 Å². The highest BCUT2D eigenvalue weighted by molar-refractivity contribution is 6.01. The van der Waals surface area contributed by atoms with Gasteiger partial charge in [-0.05, 0) is 23.8 Å². The van der Waals surface area contributed by atoms with Crippen LogP contribution in [0.1, 0.15) is 12.0 Å². The van der Waals surface area contributed by atoms with E-state index in [1.165, 1.54) is 30.2 Å². The van der Waals surface area contributed by atoms with Crippen LogP contribution in [0.3, 0.4) is 0 Å². The van der Waals surface area contributed by atoms with Crippen molar-refractivity contribution in [2.45, 2.75) is 18.9 Å². The summed E-state index contributed by atoms with van der Waals surface area (Å²) in [7, 11) is 1.26. The molecule has 0 aliphatic carbocycles. The SMILES string of the molecule is COC(=O)[C@@H](Cc1c[nH]c2ccccc12)NC(=O)[C@H]1CC(=O)N(c2ccccc2F)C1. The maximum atomic E-state index is 14.1. The number of benzene rings is 2. The second-order valence-electron chi connectivity index (χ2n) is 7.50. The van der Waals surface area contributed by atoms with Crippen LogP contribution >= 0.6 is 0 Å². The maximum absolute atomic E-state index is 14.1. The molecule has 0 saturated carbocycles. The van der Waals surface area contributed by atoms with Gasteiger partial charge in [0.25, 0.3) is 0 Å². The molecule has 160 valence electrons. The van der Waals surface area contributed by atoms with Gasteiger partial charge in [0.2, 0.25) is 11.8 Å². The summed E-state index contributed by atoms with van der Waals surface area (Å²) in [5, 5.41) is 3.67. The molecule has 0 radical (unpaired) electrons. The van der Waals surface area contributed by atoms with Crippen molar-refractivity contribution in [2.24, 2.45) is 5.92 Å². The molecule has 2 aromatic carbocycles. The highest BCUT2D eigenvalue weighted by Gasteiger charge is 2.37. The third kappa shape index (κ3) is 4.14. The molecule has 2 heterocycles. The van der Waals surface area contributed by atoms with Gasteiger partial charge in [-0.1, -0.05) is 30.3 Å². The number of nitrogens with zero attached hydrogens (tertiary/aromatic N) is 1. The number of nitrogens with one attached hydrogen (secondary N) is 2. The number of para-hydroxylation sites is 2. The largest absolute Gasteiger partial charge is 0.467 e. The summed E-state index contributed by atoms with van der Waals surface area (Å²) in [5.74, 6) is -2.57. The fourth-order valence-electron chi connectivity index (χ4n) is 3.93. The first-order valence-electron chi connectivity index (χ1n) is 9.96. The number of esters is 1.